The highest BCUT2D eigenvalue weighted by Crippen LogP contribution is 2.68. The summed E-state index contributed by atoms with van der Waals surface area (Å²) >= 11 is 0. The normalized spacial score (nSPS) is 42.9. The summed E-state index contributed by atoms with van der Waals surface area (Å²) in [6.07, 6.45) is 3.94. The van der Waals surface area contributed by atoms with Crippen molar-refractivity contribution in [3.63, 3.8) is 0 Å². The van der Waals surface area contributed by atoms with Crippen molar-refractivity contribution in [1.82, 2.24) is 0 Å². The van der Waals surface area contributed by atoms with Gasteiger partial charge in [0.1, 0.15) is 0 Å². The van der Waals surface area contributed by atoms with Gasteiger partial charge in [-0.25, -0.2) is 0 Å². The molecule has 0 aromatic heterocycles. The lowest BCUT2D eigenvalue weighted by Gasteiger charge is -2.30. The van der Waals surface area contributed by atoms with E-state index in [-0.39, 0.29) is 11.9 Å². The highest BCUT2D eigenvalue weighted by molar-refractivity contribution is 5.75. The molecular weight excluding hydrogens is 212 g/mol. The topological polar surface area (TPSA) is 26.3 Å². The van der Waals surface area contributed by atoms with Crippen LogP contribution in [0.1, 0.15) is 33.6 Å². The summed E-state index contributed by atoms with van der Waals surface area (Å²) in [6, 6.07) is 0. The van der Waals surface area contributed by atoms with Crippen LogP contribution in [0.2, 0.25) is 0 Å². The molecule has 2 nitrogen and oxygen atoms in total. The Kier molecular flexibility index (Phi) is 2.11. The van der Waals surface area contributed by atoms with E-state index < -0.39 is 0 Å². The first kappa shape index (κ1) is 11.1. The molecule has 2 fully saturated rings. The van der Waals surface area contributed by atoms with E-state index in [9.17, 15) is 4.79 Å². The van der Waals surface area contributed by atoms with Crippen LogP contribution in [-0.4, -0.2) is 5.97 Å². The number of hydrogen-bond donors (Lipinski definition) is 0. The Morgan fingerprint density at radius 2 is 2.18 bits per heavy atom. The Balaban J connectivity index is 2.04. The smallest absolute Gasteiger partial charge is 0.314 e. The molecule has 3 aliphatic rings. The molecule has 1 aliphatic heterocycles. The zero-order chi connectivity index (χ0) is 12.4. The predicted molar refractivity (Wildman–Crippen MR) is 66.0 cm³/mol. The first-order valence-corrected chi connectivity index (χ1v) is 6.53. The zero-order valence-corrected chi connectivity index (χ0v) is 10.8. The second kappa shape index (κ2) is 3.24. The average Bonchev–Trinajstić information content (AvgIpc) is 2.85. The molecule has 0 aromatic rings. The number of carbonyl (C=O) groups is 1. The van der Waals surface area contributed by atoms with Crippen LogP contribution >= 0.6 is 0 Å². The standard InChI is InChI=1S/C15H20O2/c1-8-5-6-11-13(15(11,3)4)12-9(2)14(16)17-7-10(8)12/h7,9,11-13H,1,5-6H2,2-4H3. The number of esters is 1. The van der Waals surface area contributed by atoms with Crippen LogP contribution in [0, 0.1) is 29.1 Å². The third-order valence-corrected chi connectivity index (χ3v) is 5.26. The van der Waals surface area contributed by atoms with Crippen molar-refractivity contribution >= 4 is 5.97 Å². The van der Waals surface area contributed by atoms with Crippen molar-refractivity contribution < 1.29 is 9.53 Å². The molecule has 0 N–H and O–H groups in total. The summed E-state index contributed by atoms with van der Waals surface area (Å²) < 4.78 is 5.16. The molecule has 3 rings (SSSR count). The van der Waals surface area contributed by atoms with Gasteiger partial charge in [-0.3, -0.25) is 4.79 Å². The van der Waals surface area contributed by atoms with E-state index in [1.54, 1.807) is 6.26 Å². The monoisotopic (exact) mass is 232 g/mol. The lowest BCUT2D eigenvalue weighted by Crippen LogP contribution is -2.30. The molecule has 92 valence electrons. The van der Waals surface area contributed by atoms with Gasteiger partial charge >= 0.3 is 5.97 Å². The van der Waals surface area contributed by atoms with E-state index in [0.717, 1.165) is 12.3 Å². The predicted octanol–water partition coefficient (Wildman–Crippen LogP) is 3.30. The third-order valence-electron chi connectivity index (χ3n) is 5.26. The molecule has 4 unspecified atom stereocenters. The molecule has 0 bridgehead atoms. The number of ether oxygens (including phenoxy) is 1. The molecule has 4 atom stereocenters. The van der Waals surface area contributed by atoms with E-state index >= 15 is 0 Å². The third kappa shape index (κ3) is 1.36. The minimum absolute atomic E-state index is 0.0147. The molecule has 2 aliphatic carbocycles. The molecule has 17 heavy (non-hydrogen) atoms. The molecular formula is C15H20O2. The van der Waals surface area contributed by atoms with Gasteiger partial charge in [0, 0.05) is 5.92 Å². The molecule has 0 radical (unpaired) electrons. The second-order valence-corrected chi connectivity index (χ2v) is 6.42. The van der Waals surface area contributed by atoms with Crippen LogP contribution in [0.3, 0.4) is 0 Å². The van der Waals surface area contributed by atoms with Crippen LogP contribution in [0.4, 0.5) is 0 Å². The number of fused-ring (bicyclic) bond motifs is 3. The van der Waals surface area contributed by atoms with E-state index in [4.69, 9.17) is 4.74 Å². The zero-order valence-electron chi connectivity index (χ0n) is 10.8. The molecule has 0 aromatic carbocycles. The minimum atomic E-state index is -0.0742. The van der Waals surface area contributed by atoms with Gasteiger partial charge in [0.15, 0.2) is 0 Å². The average molecular weight is 232 g/mol. The Hall–Kier alpha value is -1.05. The SMILES string of the molecule is C=C1CCC2C(C3C1=COC(=O)C3C)C2(C)C. The fourth-order valence-corrected chi connectivity index (χ4v) is 4.07. The van der Waals surface area contributed by atoms with Crippen LogP contribution in [0.15, 0.2) is 24.0 Å². The van der Waals surface area contributed by atoms with Gasteiger partial charge in [0.2, 0.25) is 0 Å². The van der Waals surface area contributed by atoms with Gasteiger partial charge in [-0.15, -0.1) is 0 Å². The van der Waals surface area contributed by atoms with E-state index in [1.165, 1.54) is 17.6 Å². The van der Waals surface area contributed by atoms with Crippen molar-refractivity contribution in [1.29, 1.82) is 0 Å². The van der Waals surface area contributed by atoms with Gasteiger partial charge < -0.3 is 4.74 Å². The van der Waals surface area contributed by atoms with E-state index in [2.05, 4.69) is 20.4 Å². The molecule has 0 saturated heterocycles. The van der Waals surface area contributed by atoms with Crippen LogP contribution in [0.25, 0.3) is 0 Å². The highest BCUT2D eigenvalue weighted by atomic mass is 16.5. The first-order valence-electron chi connectivity index (χ1n) is 6.53. The Morgan fingerprint density at radius 3 is 2.88 bits per heavy atom. The van der Waals surface area contributed by atoms with Crippen molar-refractivity contribution in [3.05, 3.63) is 24.0 Å². The lowest BCUT2D eigenvalue weighted by molar-refractivity contribution is -0.145. The summed E-state index contributed by atoms with van der Waals surface area (Å²) in [7, 11) is 0. The lowest BCUT2D eigenvalue weighted by atomic mass is 9.77. The number of hydrogen-bond acceptors (Lipinski definition) is 2. The van der Waals surface area contributed by atoms with Gasteiger partial charge in [0.25, 0.3) is 0 Å². The Bertz CT molecular complexity index is 430. The fraction of sp³-hybridized carbons (Fsp3) is 0.667. The quantitative estimate of drug-likeness (QED) is 0.599. The summed E-state index contributed by atoms with van der Waals surface area (Å²) in [5.41, 5.74) is 2.77. The van der Waals surface area contributed by atoms with Gasteiger partial charge in [-0.2, -0.15) is 0 Å². The summed E-state index contributed by atoms with van der Waals surface area (Å²) in [5, 5.41) is 0. The van der Waals surface area contributed by atoms with Crippen molar-refractivity contribution in [3.8, 4) is 0 Å². The largest absolute Gasteiger partial charge is 0.434 e. The molecule has 0 amide bonds. The summed E-state index contributed by atoms with van der Waals surface area (Å²) in [5.74, 6) is 1.64. The number of allylic oxidation sites excluding steroid dienone is 2. The number of rotatable bonds is 0. The van der Waals surface area contributed by atoms with Crippen LogP contribution < -0.4 is 0 Å². The number of cyclic esters (lactones) is 1. The van der Waals surface area contributed by atoms with E-state index in [0.29, 0.717) is 17.3 Å². The molecule has 0 spiro atoms. The van der Waals surface area contributed by atoms with Crippen molar-refractivity contribution in [2.45, 2.75) is 33.6 Å². The van der Waals surface area contributed by atoms with Crippen LogP contribution in [0.5, 0.6) is 0 Å². The molecule has 2 heteroatoms. The van der Waals surface area contributed by atoms with Gasteiger partial charge in [0.05, 0.1) is 12.2 Å². The second-order valence-electron chi connectivity index (χ2n) is 6.42. The Labute approximate surface area is 103 Å². The number of carbonyl (C=O) groups excluding carboxylic acids is 1. The highest BCUT2D eigenvalue weighted by Gasteiger charge is 2.63. The van der Waals surface area contributed by atoms with Crippen LogP contribution in [-0.2, 0) is 9.53 Å². The van der Waals surface area contributed by atoms with Gasteiger partial charge in [-0.05, 0) is 41.2 Å². The minimum Gasteiger partial charge on any atom is -0.434 e. The summed E-state index contributed by atoms with van der Waals surface area (Å²) in [6.45, 7) is 10.8. The fourth-order valence-electron chi connectivity index (χ4n) is 4.07. The Morgan fingerprint density at radius 1 is 1.47 bits per heavy atom. The summed E-state index contributed by atoms with van der Waals surface area (Å²) in [4.78, 5) is 11.7. The molecule has 2 saturated carbocycles. The maximum atomic E-state index is 11.7. The maximum Gasteiger partial charge on any atom is 0.314 e. The van der Waals surface area contributed by atoms with Crippen molar-refractivity contribution in [2.24, 2.45) is 29.1 Å². The molecule has 1 heterocycles. The maximum absolute atomic E-state index is 11.7. The van der Waals surface area contributed by atoms with E-state index in [1.807, 2.05) is 6.92 Å². The van der Waals surface area contributed by atoms with Gasteiger partial charge in [-0.1, -0.05) is 27.4 Å². The first-order chi connectivity index (χ1) is 7.94. The van der Waals surface area contributed by atoms with Crippen molar-refractivity contribution in [2.75, 3.05) is 0 Å².